The first-order valence-corrected chi connectivity index (χ1v) is 7.52. The van der Waals surface area contributed by atoms with Gasteiger partial charge in [-0.15, -0.1) is 0 Å². The zero-order valence-corrected chi connectivity index (χ0v) is 12.6. The summed E-state index contributed by atoms with van der Waals surface area (Å²) in [5, 5.41) is 3.54. The molecule has 0 spiro atoms. The SMILES string of the molecule is CCN(C)CCCN1CCNCCCN(C)CC1. The molecular weight excluding hydrogens is 224 g/mol. The quantitative estimate of drug-likeness (QED) is 0.776. The molecule has 1 aliphatic rings. The minimum Gasteiger partial charge on any atom is -0.315 e. The monoisotopic (exact) mass is 256 g/mol. The highest BCUT2D eigenvalue weighted by atomic mass is 15.2. The van der Waals surface area contributed by atoms with E-state index in [9.17, 15) is 0 Å². The molecule has 0 saturated carbocycles. The van der Waals surface area contributed by atoms with E-state index in [1.165, 1.54) is 52.1 Å². The molecule has 0 unspecified atom stereocenters. The maximum Gasteiger partial charge on any atom is 0.0110 e. The van der Waals surface area contributed by atoms with Gasteiger partial charge in [0.05, 0.1) is 0 Å². The summed E-state index contributed by atoms with van der Waals surface area (Å²) >= 11 is 0. The van der Waals surface area contributed by atoms with Crippen LogP contribution in [0.4, 0.5) is 0 Å². The first-order valence-electron chi connectivity index (χ1n) is 7.52. The molecule has 4 heteroatoms. The summed E-state index contributed by atoms with van der Waals surface area (Å²) in [7, 11) is 4.45. The van der Waals surface area contributed by atoms with Crippen molar-refractivity contribution in [3.8, 4) is 0 Å². The average molecular weight is 256 g/mol. The number of hydrogen-bond donors (Lipinski definition) is 1. The van der Waals surface area contributed by atoms with Crippen LogP contribution in [0.5, 0.6) is 0 Å². The molecular formula is C14H32N4. The molecule has 1 rings (SSSR count). The third-order valence-corrected chi connectivity index (χ3v) is 3.85. The standard InChI is InChI=1S/C14H32N4/c1-4-16(2)10-6-11-18-12-8-15-7-5-9-17(3)13-14-18/h15H,4-14H2,1-3H3. The van der Waals surface area contributed by atoms with Gasteiger partial charge in [-0.05, 0) is 59.7 Å². The van der Waals surface area contributed by atoms with E-state index in [1.807, 2.05) is 0 Å². The van der Waals surface area contributed by atoms with Crippen molar-refractivity contribution in [3.63, 3.8) is 0 Å². The molecule has 0 atom stereocenters. The van der Waals surface area contributed by atoms with Gasteiger partial charge in [0.15, 0.2) is 0 Å². The van der Waals surface area contributed by atoms with E-state index >= 15 is 0 Å². The Morgan fingerprint density at radius 1 is 1.11 bits per heavy atom. The fraction of sp³-hybridized carbons (Fsp3) is 1.00. The van der Waals surface area contributed by atoms with Crippen LogP contribution in [0.3, 0.4) is 0 Å². The van der Waals surface area contributed by atoms with Crippen molar-refractivity contribution in [1.82, 2.24) is 20.0 Å². The second kappa shape index (κ2) is 9.73. The van der Waals surface area contributed by atoms with Crippen molar-refractivity contribution in [2.45, 2.75) is 19.8 Å². The molecule has 1 aliphatic heterocycles. The Hall–Kier alpha value is -0.160. The normalized spacial score (nSPS) is 21.3. The van der Waals surface area contributed by atoms with Crippen LogP contribution >= 0.6 is 0 Å². The smallest absolute Gasteiger partial charge is 0.0110 e. The molecule has 1 N–H and O–H groups in total. The highest BCUT2D eigenvalue weighted by Gasteiger charge is 2.08. The summed E-state index contributed by atoms with van der Waals surface area (Å²) in [6.07, 6.45) is 2.56. The molecule has 1 fully saturated rings. The molecule has 0 bridgehead atoms. The maximum atomic E-state index is 3.54. The summed E-state index contributed by atoms with van der Waals surface area (Å²) in [6, 6.07) is 0. The lowest BCUT2D eigenvalue weighted by atomic mass is 10.3. The van der Waals surface area contributed by atoms with Crippen LogP contribution in [-0.4, -0.2) is 87.7 Å². The number of rotatable bonds is 5. The Kier molecular flexibility index (Phi) is 8.59. The van der Waals surface area contributed by atoms with Gasteiger partial charge in [-0.2, -0.15) is 0 Å². The van der Waals surface area contributed by atoms with Gasteiger partial charge < -0.3 is 20.0 Å². The topological polar surface area (TPSA) is 21.8 Å². The Morgan fingerprint density at radius 2 is 1.94 bits per heavy atom. The highest BCUT2D eigenvalue weighted by molar-refractivity contribution is 4.66. The third-order valence-electron chi connectivity index (χ3n) is 3.85. The van der Waals surface area contributed by atoms with Crippen LogP contribution in [0.25, 0.3) is 0 Å². The van der Waals surface area contributed by atoms with Crippen LogP contribution in [-0.2, 0) is 0 Å². The van der Waals surface area contributed by atoms with Crippen molar-refractivity contribution < 1.29 is 0 Å². The summed E-state index contributed by atoms with van der Waals surface area (Å²) in [4.78, 5) is 7.46. The Balaban J connectivity index is 2.22. The third kappa shape index (κ3) is 7.31. The van der Waals surface area contributed by atoms with Crippen molar-refractivity contribution >= 4 is 0 Å². The van der Waals surface area contributed by atoms with Gasteiger partial charge in [0, 0.05) is 26.2 Å². The molecule has 1 heterocycles. The molecule has 0 aromatic rings. The van der Waals surface area contributed by atoms with Gasteiger partial charge in [-0.3, -0.25) is 0 Å². The molecule has 0 aromatic carbocycles. The minimum atomic E-state index is 1.15. The van der Waals surface area contributed by atoms with E-state index in [-0.39, 0.29) is 0 Å². The molecule has 4 nitrogen and oxygen atoms in total. The zero-order valence-electron chi connectivity index (χ0n) is 12.6. The van der Waals surface area contributed by atoms with E-state index in [1.54, 1.807) is 0 Å². The van der Waals surface area contributed by atoms with Gasteiger partial charge in [0.25, 0.3) is 0 Å². The first-order chi connectivity index (χ1) is 8.72. The van der Waals surface area contributed by atoms with Gasteiger partial charge in [0.1, 0.15) is 0 Å². The first kappa shape index (κ1) is 15.9. The number of nitrogens with zero attached hydrogens (tertiary/aromatic N) is 3. The predicted molar refractivity (Wildman–Crippen MR) is 79.2 cm³/mol. The Labute approximate surface area is 113 Å². The number of hydrogen-bond acceptors (Lipinski definition) is 4. The van der Waals surface area contributed by atoms with Gasteiger partial charge in [0.2, 0.25) is 0 Å². The summed E-state index contributed by atoms with van der Waals surface area (Å²) < 4.78 is 0. The molecule has 108 valence electrons. The lowest BCUT2D eigenvalue weighted by molar-refractivity contribution is 0.204. The van der Waals surface area contributed by atoms with E-state index in [0.717, 1.165) is 19.6 Å². The summed E-state index contributed by atoms with van der Waals surface area (Å²) in [5.74, 6) is 0. The zero-order chi connectivity index (χ0) is 13.2. The molecule has 0 aromatic heterocycles. The molecule has 0 radical (unpaired) electrons. The van der Waals surface area contributed by atoms with E-state index in [0.29, 0.717) is 0 Å². The van der Waals surface area contributed by atoms with Gasteiger partial charge in [-0.1, -0.05) is 6.92 Å². The van der Waals surface area contributed by atoms with Crippen molar-refractivity contribution in [1.29, 1.82) is 0 Å². The van der Waals surface area contributed by atoms with E-state index in [4.69, 9.17) is 0 Å². The molecule has 1 saturated heterocycles. The minimum absolute atomic E-state index is 1.15. The highest BCUT2D eigenvalue weighted by Crippen LogP contribution is 1.97. The molecule has 0 aliphatic carbocycles. The van der Waals surface area contributed by atoms with E-state index in [2.05, 4.69) is 41.0 Å². The fourth-order valence-electron chi connectivity index (χ4n) is 2.32. The molecule has 0 amide bonds. The summed E-state index contributed by atoms with van der Waals surface area (Å²) in [6.45, 7) is 13.0. The van der Waals surface area contributed by atoms with Crippen molar-refractivity contribution in [2.75, 3.05) is 73.0 Å². The number of nitrogens with one attached hydrogen (secondary N) is 1. The lowest BCUT2D eigenvalue weighted by Gasteiger charge is -2.28. The summed E-state index contributed by atoms with van der Waals surface area (Å²) in [5.41, 5.74) is 0. The Morgan fingerprint density at radius 3 is 2.72 bits per heavy atom. The second-order valence-electron chi connectivity index (χ2n) is 5.50. The van der Waals surface area contributed by atoms with Gasteiger partial charge >= 0.3 is 0 Å². The lowest BCUT2D eigenvalue weighted by Crippen LogP contribution is -2.41. The van der Waals surface area contributed by atoms with Crippen LogP contribution in [0.15, 0.2) is 0 Å². The van der Waals surface area contributed by atoms with Crippen molar-refractivity contribution in [3.05, 3.63) is 0 Å². The van der Waals surface area contributed by atoms with Crippen LogP contribution in [0.2, 0.25) is 0 Å². The largest absolute Gasteiger partial charge is 0.315 e. The molecule has 18 heavy (non-hydrogen) atoms. The van der Waals surface area contributed by atoms with E-state index < -0.39 is 0 Å². The predicted octanol–water partition coefficient (Wildman–Crippen LogP) is 0.555. The van der Waals surface area contributed by atoms with Crippen LogP contribution < -0.4 is 5.32 Å². The van der Waals surface area contributed by atoms with Crippen molar-refractivity contribution in [2.24, 2.45) is 0 Å². The average Bonchev–Trinajstić information content (AvgIpc) is 2.38. The fourth-order valence-corrected chi connectivity index (χ4v) is 2.32. The number of likely N-dealkylation sites (N-methyl/N-ethyl adjacent to an activating group) is 1. The Bertz CT molecular complexity index is 198. The maximum absolute atomic E-state index is 3.54. The second-order valence-corrected chi connectivity index (χ2v) is 5.50. The van der Waals surface area contributed by atoms with Crippen LogP contribution in [0.1, 0.15) is 19.8 Å². The van der Waals surface area contributed by atoms with Gasteiger partial charge in [-0.25, -0.2) is 0 Å². The van der Waals surface area contributed by atoms with Crippen LogP contribution in [0, 0.1) is 0 Å².